The van der Waals surface area contributed by atoms with Crippen LogP contribution < -0.4 is 5.73 Å². The van der Waals surface area contributed by atoms with E-state index in [0.717, 1.165) is 34.8 Å². The third kappa shape index (κ3) is 1.36. The number of fused-ring (bicyclic) bond motifs is 5. The van der Waals surface area contributed by atoms with E-state index in [0.29, 0.717) is 5.92 Å². The highest BCUT2D eigenvalue weighted by Gasteiger charge is 2.66. The minimum Gasteiger partial charge on any atom is -0.324 e. The van der Waals surface area contributed by atoms with Crippen LogP contribution in [0.3, 0.4) is 0 Å². The first-order chi connectivity index (χ1) is 8.66. The Labute approximate surface area is 108 Å². The third-order valence-corrected chi connectivity index (χ3v) is 5.81. The summed E-state index contributed by atoms with van der Waals surface area (Å²) in [5, 5.41) is 0. The SMILES string of the molecule is Cc1ccc(F)cc1C(N)C1C2C3CCC(C3)C21. The minimum absolute atomic E-state index is 0.0547. The van der Waals surface area contributed by atoms with E-state index in [1.165, 1.54) is 25.3 Å². The molecule has 1 nitrogen and oxygen atoms in total. The Morgan fingerprint density at radius 3 is 2.56 bits per heavy atom. The van der Waals surface area contributed by atoms with Crippen molar-refractivity contribution in [2.24, 2.45) is 35.3 Å². The highest BCUT2D eigenvalue weighted by atomic mass is 19.1. The van der Waals surface area contributed by atoms with Crippen molar-refractivity contribution in [2.45, 2.75) is 32.2 Å². The monoisotopic (exact) mass is 245 g/mol. The molecule has 0 heterocycles. The maximum absolute atomic E-state index is 13.4. The molecule has 5 unspecified atom stereocenters. The lowest BCUT2D eigenvalue weighted by atomic mass is 9.91. The molecule has 3 fully saturated rings. The molecule has 0 amide bonds. The first-order valence-corrected chi connectivity index (χ1v) is 7.18. The van der Waals surface area contributed by atoms with Crippen LogP contribution in [0.5, 0.6) is 0 Å². The molecule has 3 aliphatic rings. The molecular weight excluding hydrogens is 225 g/mol. The molecular formula is C16H20FN. The summed E-state index contributed by atoms with van der Waals surface area (Å²) < 4.78 is 13.4. The Hall–Kier alpha value is -0.890. The molecule has 0 aromatic heterocycles. The predicted octanol–water partition coefficient (Wildman–Crippen LogP) is 3.43. The van der Waals surface area contributed by atoms with Crippen molar-refractivity contribution < 1.29 is 4.39 Å². The minimum atomic E-state index is -0.153. The normalized spacial score (nSPS) is 41.8. The van der Waals surface area contributed by atoms with Gasteiger partial charge in [-0.1, -0.05) is 6.07 Å². The second-order valence-electron chi connectivity index (χ2n) is 6.59. The van der Waals surface area contributed by atoms with Crippen LogP contribution in [0, 0.1) is 42.3 Å². The van der Waals surface area contributed by atoms with Crippen molar-refractivity contribution in [3.8, 4) is 0 Å². The van der Waals surface area contributed by atoms with E-state index < -0.39 is 0 Å². The third-order valence-electron chi connectivity index (χ3n) is 5.81. The zero-order valence-electron chi connectivity index (χ0n) is 10.8. The summed E-state index contributed by atoms with van der Waals surface area (Å²) >= 11 is 0. The maximum Gasteiger partial charge on any atom is 0.123 e. The summed E-state index contributed by atoms with van der Waals surface area (Å²) in [4.78, 5) is 0. The van der Waals surface area contributed by atoms with Crippen LogP contribution in [0.15, 0.2) is 18.2 Å². The largest absolute Gasteiger partial charge is 0.324 e. The Kier molecular flexibility index (Phi) is 2.18. The predicted molar refractivity (Wildman–Crippen MR) is 69.4 cm³/mol. The molecule has 4 rings (SSSR count). The van der Waals surface area contributed by atoms with Crippen molar-refractivity contribution in [1.29, 1.82) is 0 Å². The Balaban J connectivity index is 1.61. The molecule has 1 aromatic carbocycles. The molecule has 2 heteroatoms. The molecule has 3 aliphatic carbocycles. The lowest BCUT2D eigenvalue weighted by molar-refractivity contribution is 0.416. The number of aryl methyl sites for hydroxylation is 1. The van der Waals surface area contributed by atoms with Gasteiger partial charge in [-0.2, -0.15) is 0 Å². The van der Waals surface area contributed by atoms with Crippen molar-refractivity contribution in [1.82, 2.24) is 0 Å². The lowest BCUT2D eigenvalue weighted by Crippen LogP contribution is -2.18. The van der Waals surface area contributed by atoms with Crippen LogP contribution in [0.1, 0.15) is 36.4 Å². The summed E-state index contributed by atoms with van der Waals surface area (Å²) in [6.45, 7) is 2.04. The van der Waals surface area contributed by atoms with Gasteiger partial charge in [0, 0.05) is 6.04 Å². The molecule has 5 atom stereocenters. The fourth-order valence-corrected chi connectivity index (χ4v) is 5.05. The van der Waals surface area contributed by atoms with Crippen LogP contribution >= 0.6 is 0 Å². The van der Waals surface area contributed by atoms with Crippen molar-refractivity contribution in [2.75, 3.05) is 0 Å². The van der Waals surface area contributed by atoms with Gasteiger partial charge in [0.25, 0.3) is 0 Å². The van der Waals surface area contributed by atoms with Gasteiger partial charge in [0.2, 0.25) is 0 Å². The Morgan fingerprint density at radius 1 is 1.22 bits per heavy atom. The molecule has 1 aromatic rings. The summed E-state index contributed by atoms with van der Waals surface area (Å²) in [6, 6.07) is 5.09. The quantitative estimate of drug-likeness (QED) is 0.848. The van der Waals surface area contributed by atoms with Gasteiger partial charge in [-0.25, -0.2) is 4.39 Å². The van der Waals surface area contributed by atoms with Crippen LogP contribution in [-0.2, 0) is 0 Å². The van der Waals surface area contributed by atoms with Crippen molar-refractivity contribution in [3.63, 3.8) is 0 Å². The molecule has 0 aliphatic heterocycles. The van der Waals surface area contributed by atoms with Gasteiger partial charge in [-0.3, -0.25) is 0 Å². The van der Waals surface area contributed by atoms with Gasteiger partial charge in [0.15, 0.2) is 0 Å². The summed E-state index contributed by atoms with van der Waals surface area (Å²) in [5.41, 5.74) is 8.62. The number of halogens is 1. The molecule has 0 radical (unpaired) electrons. The number of hydrogen-bond acceptors (Lipinski definition) is 1. The number of hydrogen-bond donors (Lipinski definition) is 1. The Morgan fingerprint density at radius 2 is 1.89 bits per heavy atom. The fourth-order valence-electron chi connectivity index (χ4n) is 5.05. The van der Waals surface area contributed by atoms with Crippen LogP contribution in [0.4, 0.5) is 4.39 Å². The molecule has 18 heavy (non-hydrogen) atoms. The number of nitrogens with two attached hydrogens (primary N) is 1. The topological polar surface area (TPSA) is 26.0 Å². The van der Waals surface area contributed by atoms with Gasteiger partial charge in [0.05, 0.1) is 0 Å². The first-order valence-electron chi connectivity index (χ1n) is 7.18. The molecule has 96 valence electrons. The molecule has 0 saturated heterocycles. The van der Waals surface area contributed by atoms with Crippen molar-refractivity contribution in [3.05, 3.63) is 35.1 Å². The van der Waals surface area contributed by atoms with E-state index in [-0.39, 0.29) is 11.9 Å². The average Bonchev–Trinajstić information content (AvgIpc) is 2.79. The lowest BCUT2D eigenvalue weighted by Gasteiger charge is -2.18. The van der Waals surface area contributed by atoms with E-state index in [9.17, 15) is 4.39 Å². The second kappa shape index (κ2) is 3.57. The molecule has 0 spiro atoms. The number of benzene rings is 1. The second-order valence-corrected chi connectivity index (χ2v) is 6.59. The Bertz CT molecular complexity index is 482. The zero-order chi connectivity index (χ0) is 12.4. The average molecular weight is 245 g/mol. The van der Waals surface area contributed by atoms with Gasteiger partial charge >= 0.3 is 0 Å². The standard InChI is InChI=1S/C16H20FN/c1-8-2-5-11(17)7-12(8)16(18)15-13-9-3-4-10(6-9)14(13)15/h2,5,7,9-10,13-16H,3-4,6,18H2,1H3. The van der Waals surface area contributed by atoms with E-state index in [1.807, 2.05) is 13.0 Å². The van der Waals surface area contributed by atoms with Crippen molar-refractivity contribution >= 4 is 0 Å². The molecule has 3 saturated carbocycles. The van der Waals surface area contributed by atoms with Gasteiger partial charge < -0.3 is 5.73 Å². The van der Waals surface area contributed by atoms with Crippen LogP contribution in [0.25, 0.3) is 0 Å². The van der Waals surface area contributed by atoms with Gasteiger partial charge in [-0.15, -0.1) is 0 Å². The number of rotatable bonds is 2. The van der Waals surface area contributed by atoms with E-state index in [4.69, 9.17) is 5.73 Å². The van der Waals surface area contributed by atoms with Gasteiger partial charge in [0.1, 0.15) is 5.82 Å². The molecule has 2 bridgehead atoms. The first kappa shape index (κ1) is 11.0. The smallest absolute Gasteiger partial charge is 0.123 e. The highest BCUT2D eigenvalue weighted by molar-refractivity contribution is 5.32. The summed E-state index contributed by atoms with van der Waals surface area (Å²) in [6.07, 6.45) is 4.27. The van der Waals surface area contributed by atoms with E-state index >= 15 is 0 Å². The maximum atomic E-state index is 13.4. The summed E-state index contributed by atoms with van der Waals surface area (Å²) in [7, 11) is 0. The molecule has 2 N–H and O–H groups in total. The summed E-state index contributed by atoms with van der Waals surface area (Å²) in [5.74, 6) is 4.08. The highest BCUT2D eigenvalue weighted by Crippen LogP contribution is 2.71. The fraction of sp³-hybridized carbons (Fsp3) is 0.625. The van der Waals surface area contributed by atoms with E-state index in [1.54, 1.807) is 6.07 Å². The zero-order valence-corrected chi connectivity index (χ0v) is 10.8. The van der Waals surface area contributed by atoms with Gasteiger partial charge in [-0.05, 0) is 79.0 Å². The van der Waals surface area contributed by atoms with Crippen LogP contribution in [-0.4, -0.2) is 0 Å². The van der Waals surface area contributed by atoms with E-state index in [2.05, 4.69) is 0 Å². The van der Waals surface area contributed by atoms with Crippen LogP contribution in [0.2, 0.25) is 0 Å².